The van der Waals surface area contributed by atoms with Gasteiger partial charge in [-0.2, -0.15) is 0 Å². The molecule has 7 rings (SSSR count). The second-order valence-corrected chi connectivity index (χ2v) is 15.6. The first-order valence-electron chi connectivity index (χ1n) is 18.4. The number of aryl methyl sites for hydroxylation is 1. The van der Waals surface area contributed by atoms with Crippen LogP contribution in [0.5, 0.6) is 5.75 Å². The zero-order valence-electron chi connectivity index (χ0n) is 29.5. The third-order valence-electron chi connectivity index (χ3n) is 11.5. The zero-order chi connectivity index (χ0) is 36.4. The Kier molecular flexibility index (Phi) is 10.8. The van der Waals surface area contributed by atoms with Crippen LogP contribution in [0.25, 0.3) is 21.9 Å². The molecule has 2 fully saturated rings. The van der Waals surface area contributed by atoms with E-state index in [1.165, 1.54) is 23.5 Å². The van der Waals surface area contributed by atoms with Gasteiger partial charge in [-0.25, -0.2) is 9.48 Å². The van der Waals surface area contributed by atoms with E-state index in [-0.39, 0.29) is 29.7 Å². The molecule has 2 atom stereocenters. The molecule has 3 heterocycles. The number of aliphatic carboxylic acids is 1. The molecule has 0 saturated heterocycles. The number of phenols is 1. The van der Waals surface area contributed by atoms with Crippen LogP contribution in [0.15, 0.2) is 58.7 Å². The van der Waals surface area contributed by atoms with E-state index < -0.39 is 17.7 Å². The summed E-state index contributed by atoms with van der Waals surface area (Å²) < 4.78 is 1.95. The van der Waals surface area contributed by atoms with Crippen molar-refractivity contribution in [2.75, 3.05) is 20.1 Å². The van der Waals surface area contributed by atoms with Crippen LogP contribution >= 0.6 is 11.3 Å². The topological polar surface area (TPSA) is 177 Å². The minimum absolute atomic E-state index is 0.0394. The standard InChI is InChI=1S/C39H48N6O6S/c1-44(27-10-8-25(9-11-27)28-17-20-52-37(28)39(51,38(49)50)26-5-2-3-6-26)18-4-19-45-32-14-7-24(21-31(32)42-43-45)22-40-23-34(47)29-12-15-33(46)36-30(29)13-16-35(48)41-36/h7,12-17,20-21,25-27,34,40,46-47,51H,2-6,8-11,18-19,22-23H2,1H3,(H,41,48)(H,49,50)/t25?,27?,34-,39+/m0/s1. The number of pyridine rings is 1. The minimum Gasteiger partial charge on any atom is -0.506 e. The number of carboxylic acid groups (broad SMARTS) is 1. The summed E-state index contributed by atoms with van der Waals surface area (Å²) in [5.41, 5.74) is 2.68. The number of aromatic amines is 1. The number of H-pyrrole nitrogens is 1. The first-order chi connectivity index (χ1) is 25.1. The quantitative estimate of drug-likeness (QED) is 0.0871. The van der Waals surface area contributed by atoms with Crippen molar-refractivity contribution in [3.63, 3.8) is 0 Å². The van der Waals surface area contributed by atoms with Crippen LogP contribution in [0.2, 0.25) is 0 Å². The molecule has 2 aliphatic rings. The molecule has 0 radical (unpaired) electrons. The molecule has 12 nitrogen and oxygen atoms in total. The van der Waals surface area contributed by atoms with Gasteiger partial charge in [0.15, 0.2) is 5.60 Å². The summed E-state index contributed by atoms with van der Waals surface area (Å²) in [4.78, 5) is 29.9. The molecule has 0 bridgehead atoms. The highest BCUT2D eigenvalue weighted by Gasteiger charge is 2.49. The van der Waals surface area contributed by atoms with Gasteiger partial charge < -0.3 is 35.6 Å². The highest BCUT2D eigenvalue weighted by Crippen LogP contribution is 2.47. The normalized spacial score (nSPS) is 20.2. The predicted molar refractivity (Wildman–Crippen MR) is 200 cm³/mol. The molecule has 13 heteroatoms. The van der Waals surface area contributed by atoms with Crippen molar-refractivity contribution in [2.24, 2.45) is 5.92 Å². The smallest absolute Gasteiger partial charge is 0.341 e. The Hall–Kier alpha value is -4.14. The van der Waals surface area contributed by atoms with Gasteiger partial charge >= 0.3 is 5.97 Å². The molecule has 3 aromatic heterocycles. The van der Waals surface area contributed by atoms with E-state index in [4.69, 9.17) is 0 Å². The maximum atomic E-state index is 12.4. The van der Waals surface area contributed by atoms with Crippen molar-refractivity contribution < 1.29 is 25.2 Å². The first kappa shape index (κ1) is 36.2. The molecule has 0 spiro atoms. The second kappa shape index (κ2) is 15.5. The highest BCUT2D eigenvalue weighted by molar-refractivity contribution is 7.10. The molecule has 0 unspecified atom stereocenters. The maximum absolute atomic E-state index is 12.4. The van der Waals surface area contributed by atoms with Crippen molar-refractivity contribution >= 4 is 39.2 Å². The number of aliphatic hydroxyl groups excluding tert-OH is 1. The number of carboxylic acids is 1. The lowest BCUT2D eigenvalue weighted by Gasteiger charge is -2.36. The summed E-state index contributed by atoms with van der Waals surface area (Å²) in [6, 6.07) is 14.7. The van der Waals surface area contributed by atoms with Gasteiger partial charge in [0.25, 0.3) is 0 Å². The van der Waals surface area contributed by atoms with E-state index in [1.54, 1.807) is 12.1 Å². The first-order valence-corrected chi connectivity index (χ1v) is 19.3. The number of hydrogen-bond acceptors (Lipinski definition) is 10. The number of aromatic hydroxyl groups is 1. The molecular formula is C39H48N6O6S. The van der Waals surface area contributed by atoms with Gasteiger partial charge in [-0.1, -0.05) is 30.2 Å². The number of fused-ring (bicyclic) bond motifs is 2. The largest absolute Gasteiger partial charge is 0.506 e. The monoisotopic (exact) mass is 728 g/mol. The van der Waals surface area contributed by atoms with Crippen LogP contribution in [0.1, 0.15) is 91.4 Å². The number of aromatic nitrogens is 4. The molecule has 0 aliphatic heterocycles. The summed E-state index contributed by atoms with van der Waals surface area (Å²) in [6.45, 7) is 2.48. The van der Waals surface area contributed by atoms with Crippen molar-refractivity contribution in [3.05, 3.63) is 85.8 Å². The third kappa shape index (κ3) is 7.25. The lowest BCUT2D eigenvalue weighted by molar-refractivity contribution is -0.166. The molecule has 6 N–H and O–H groups in total. The van der Waals surface area contributed by atoms with Gasteiger partial charge in [0.2, 0.25) is 5.56 Å². The summed E-state index contributed by atoms with van der Waals surface area (Å²) in [6.07, 6.45) is 7.62. The van der Waals surface area contributed by atoms with Gasteiger partial charge in [-0.15, -0.1) is 16.4 Å². The number of hydrogen-bond donors (Lipinski definition) is 6. The zero-order valence-corrected chi connectivity index (χ0v) is 30.3. The number of phenolic OH excluding ortho intramolecular Hbond substituents is 1. The lowest BCUT2D eigenvalue weighted by atomic mass is 9.76. The van der Waals surface area contributed by atoms with Gasteiger partial charge in [0.05, 0.1) is 22.0 Å². The Balaban J connectivity index is 0.883. The summed E-state index contributed by atoms with van der Waals surface area (Å²) in [5, 5.41) is 57.4. The van der Waals surface area contributed by atoms with E-state index in [1.807, 2.05) is 28.3 Å². The molecule has 2 aromatic carbocycles. The van der Waals surface area contributed by atoms with Gasteiger partial charge in [0.1, 0.15) is 11.3 Å². The Morgan fingerprint density at radius 1 is 1.10 bits per heavy atom. The fraction of sp³-hybridized carbons (Fsp3) is 0.487. The number of carbonyl (C=O) groups is 1. The number of rotatable bonds is 14. The van der Waals surface area contributed by atoms with Gasteiger partial charge in [-0.3, -0.25) is 4.79 Å². The third-order valence-corrected chi connectivity index (χ3v) is 12.5. The number of nitrogens with one attached hydrogen (secondary N) is 2. The average Bonchev–Trinajstić information content (AvgIpc) is 3.94. The summed E-state index contributed by atoms with van der Waals surface area (Å²) >= 11 is 1.41. The number of aliphatic hydroxyl groups is 2. The van der Waals surface area contributed by atoms with E-state index in [2.05, 4.69) is 38.6 Å². The van der Waals surface area contributed by atoms with Crippen molar-refractivity contribution in [2.45, 2.75) is 94.5 Å². The molecule has 276 valence electrons. The van der Waals surface area contributed by atoms with Gasteiger partial charge in [-0.05, 0) is 117 Å². The Morgan fingerprint density at radius 3 is 2.65 bits per heavy atom. The molecule has 52 heavy (non-hydrogen) atoms. The fourth-order valence-electron chi connectivity index (χ4n) is 8.54. The molecular weight excluding hydrogens is 681 g/mol. The molecule has 2 saturated carbocycles. The van der Waals surface area contributed by atoms with Crippen molar-refractivity contribution in [1.29, 1.82) is 0 Å². The van der Waals surface area contributed by atoms with Crippen LogP contribution in [-0.2, 0) is 23.5 Å². The number of nitrogens with zero attached hydrogens (tertiary/aromatic N) is 4. The predicted octanol–water partition coefficient (Wildman–Crippen LogP) is 5.37. The Labute approximate surface area is 306 Å². The highest BCUT2D eigenvalue weighted by atomic mass is 32.1. The van der Waals surface area contributed by atoms with Gasteiger partial charge in [0, 0.05) is 43.0 Å². The lowest BCUT2D eigenvalue weighted by Crippen LogP contribution is -2.42. The summed E-state index contributed by atoms with van der Waals surface area (Å²) in [7, 11) is 2.19. The Morgan fingerprint density at radius 2 is 1.88 bits per heavy atom. The molecule has 0 amide bonds. The minimum atomic E-state index is -1.78. The second-order valence-electron chi connectivity index (χ2n) is 14.7. The van der Waals surface area contributed by atoms with Crippen LogP contribution in [0, 0.1) is 5.92 Å². The van der Waals surface area contributed by atoms with E-state index in [0.29, 0.717) is 33.9 Å². The SMILES string of the molecule is CN(CCCn1nnc2cc(CNC[C@H](O)c3ccc(O)c4[nH]c(=O)ccc34)ccc21)C1CCC(c2ccsc2[C@@](O)(C(=O)O)C2CCCC2)CC1. The number of benzene rings is 2. The van der Waals surface area contributed by atoms with Crippen LogP contribution in [0.4, 0.5) is 0 Å². The average molecular weight is 729 g/mol. The summed E-state index contributed by atoms with van der Waals surface area (Å²) in [5.74, 6) is -1.09. The fourth-order valence-corrected chi connectivity index (χ4v) is 9.69. The number of thiophene rings is 1. The van der Waals surface area contributed by atoms with Crippen LogP contribution < -0.4 is 10.9 Å². The maximum Gasteiger partial charge on any atom is 0.341 e. The molecule has 5 aromatic rings. The molecule has 2 aliphatic carbocycles. The Bertz CT molecular complexity index is 2080. The van der Waals surface area contributed by atoms with E-state index in [0.717, 1.165) is 93.0 Å². The van der Waals surface area contributed by atoms with Crippen molar-refractivity contribution in [3.8, 4) is 5.75 Å². The van der Waals surface area contributed by atoms with Crippen LogP contribution in [-0.4, -0.2) is 77.5 Å². The van der Waals surface area contributed by atoms with Crippen LogP contribution in [0.3, 0.4) is 0 Å². The van der Waals surface area contributed by atoms with Crippen molar-refractivity contribution in [1.82, 2.24) is 30.2 Å². The van der Waals surface area contributed by atoms with E-state index >= 15 is 0 Å². The van der Waals surface area contributed by atoms with E-state index in [9.17, 15) is 30.0 Å².